The molecule has 5 heteroatoms. The fourth-order valence-electron chi connectivity index (χ4n) is 3.01. The van der Waals surface area contributed by atoms with Gasteiger partial charge in [-0.15, -0.1) is 0 Å². The highest BCUT2D eigenvalue weighted by Gasteiger charge is 2.13. The zero-order chi connectivity index (χ0) is 17.8. The normalized spacial score (nSPS) is 12.2. The summed E-state index contributed by atoms with van der Waals surface area (Å²) in [6.45, 7) is 1.07. The lowest BCUT2D eigenvalue weighted by atomic mass is 10.0. The molecule has 1 amide bonds. The Morgan fingerprint density at radius 3 is 2.81 bits per heavy atom. The molecule has 0 fully saturated rings. The maximum Gasteiger partial charge on any atom is 0.231 e. The zero-order valence-electron chi connectivity index (χ0n) is 14.2. The average Bonchev–Trinajstić information content (AvgIpc) is 3.13. The Kier molecular flexibility index (Phi) is 4.60. The summed E-state index contributed by atoms with van der Waals surface area (Å²) in [4.78, 5) is 12.2. The van der Waals surface area contributed by atoms with Gasteiger partial charge in [0.1, 0.15) is 12.4 Å². The molecule has 0 unspecified atom stereocenters. The van der Waals surface area contributed by atoms with Gasteiger partial charge in [-0.2, -0.15) is 0 Å². The molecule has 4 rings (SSSR count). The largest absolute Gasteiger partial charge is 0.492 e. The van der Waals surface area contributed by atoms with Crippen molar-refractivity contribution in [2.75, 3.05) is 19.9 Å². The summed E-state index contributed by atoms with van der Waals surface area (Å²) in [5, 5.41) is 5.15. The fourth-order valence-corrected chi connectivity index (χ4v) is 3.01. The number of carbonyl (C=O) groups is 1. The van der Waals surface area contributed by atoms with E-state index in [1.807, 2.05) is 42.5 Å². The lowest BCUT2D eigenvalue weighted by Crippen LogP contribution is -2.29. The van der Waals surface area contributed by atoms with Crippen LogP contribution in [-0.4, -0.2) is 25.9 Å². The van der Waals surface area contributed by atoms with Crippen molar-refractivity contribution < 1.29 is 19.0 Å². The molecule has 3 aromatic carbocycles. The van der Waals surface area contributed by atoms with Crippen LogP contribution in [-0.2, 0) is 11.2 Å². The highest BCUT2D eigenvalue weighted by atomic mass is 16.7. The van der Waals surface area contributed by atoms with Crippen LogP contribution in [0.5, 0.6) is 17.2 Å². The minimum absolute atomic E-state index is 0.0179. The van der Waals surface area contributed by atoms with Crippen LogP contribution in [0.25, 0.3) is 10.8 Å². The van der Waals surface area contributed by atoms with E-state index >= 15 is 0 Å². The van der Waals surface area contributed by atoms with Gasteiger partial charge >= 0.3 is 0 Å². The van der Waals surface area contributed by atoms with Crippen LogP contribution in [0.1, 0.15) is 5.56 Å². The van der Waals surface area contributed by atoms with Gasteiger partial charge in [0, 0.05) is 6.07 Å². The number of nitrogens with one attached hydrogen (secondary N) is 1. The van der Waals surface area contributed by atoms with E-state index in [1.165, 1.54) is 0 Å². The Labute approximate surface area is 151 Å². The topological polar surface area (TPSA) is 56.8 Å². The molecular formula is C21H19NO4. The van der Waals surface area contributed by atoms with Crippen LogP contribution in [0.4, 0.5) is 0 Å². The minimum Gasteiger partial charge on any atom is -0.492 e. The van der Waals surface area contributed by atoms with E-state index in [2.05, 4.69) is 17.4 Å². The first-order valence-corrected chi connectivity index (χ1v) is 8.55. The second kappa shape index (κ2) is 7.35. The van der Waals surface area contributed by atoms with E-state index in [-0.39, 0.29) is 12.7 Å². The molecule has 1 N–H and O–H groups in total. The van der Waals surface area contributed by atoms with Crippen LogP contribution in [0.2, 0.25) is 0 Å². The maximum absolute atomic E-state index is 12.2. The van der Waals surface area contributed by atoms with Crippen molar-refractivity contribution in [3.63, 3.8) is 0 Å². The van der Waals surface area contributed by atoms with Crippen LogP contribution in [0.3, 0.4) is 0 Å². The predicted molar refractivity (Wildman–Crippen MR) is 98.7 cm³/mol. The van der Waals surface area contributed by atoms with E-state index in [0.717, 1.165) is 22.1 Å². The van der Waals surface area contributed by atoms with Crippen LogP contribution < -0.4 is 19.5 Å². The van der Waals surface area contributed by atoms with E-state index in [4.69, 9.17) is 14.2 Å². The van der Waals surface area contributed by atoms with E-state index < -0.39 is 0 Å². The van der Waals surface area contributed by atoms with Gasteiger partial charge in [-0.25, -0.2) is 0 Å². The van der Waals surface area contributed by atoms with Crippen molar-refractivity contribution >= 4 is 16.7 Å². The quantitative estimate of drug-likeness (QED) is 0.694. The summed E-state index contributed by atoms with van der Waals surface area (Å²) < 4.78 is 16.2. The standard InChI is InChI=1S/C21H19NO4/c23-21(12-16-6-3-5-15-4-1-2-7-18(15)16)22-10-11-24-17-8-9-19-20(13-17)26-14-25-19/h1-9,13H,10-12,14H2,(H,22,23). The summed E-state index contributed by atoms with van der Waals surface area (Å²) in [5.41, 5.74) is 1.03. The van der Waals surface area contributed by atoms with E-state index in [1.54, 1.807) is 6.07 Å². The molecule has 0 radical (unpaired) electrons. The first-order chi connectivity index (χ1) is 12.8. The number of ether oxygens (including phenoxy) is 3. The summed E-state index contributed by atoms with van der Waals surface area (Å²) in [5.74, 6) is 2.08. The van der Waals surface area contributed by atoms with Gasteiger partial charge in [-0.05, 0) is 28.5 Å². The number of carbonyl (C=O) groups excluding carboxylic acids is 1. The van der Waals surface area contributed by atoms with Gasteiger partial charge < -0.3 is 19.5 Å². The molecule has 1 aliphatic heterocycles. The summed E-state index contributed by atoms with van der Waals surface area (Å²) in [6.07, 6.45) is 0.353. The molecule has 0 spiro atoms. The predicted octanol–water partition coefficient (Wildman–Crippen LogP) is 3.31. The Balaban J connectivity index is 1.28. The Morgan fingerprint density at radius 1 is 1.00 bits per heavy atom. The highest BCUT2D eigenvalue weighted by molar-refractivity contribution is 5.90. The Morgan fingerprint density at radius 2 is 1.85 bits per heavy atom. The van der Waals surface area contributed by atoms with Gasteiger partial charge in [0.25, 0.3) is 0 Å². The fraction of sp³-hybridized carbons (Fsp3) is 0.190. The number of rotatable bonds is 6. The van der Waals surface area contributed by atoms with Gasteiger partial charge in [-0.1, -0.05) is 42.5 Å². The summed E-state index contributed by atoms with van der Waals surface area (Å²) in [6, 6.07) is 19.5. The van der Waals surface area contributed by atoms with Gasteiger partial charge in [-0.3, -0.25) is 4.79 Å². The molecule has 0 saturated carbocycles. The molecule has 0 saturated heterocycles. The third-order valence-electron chi connectivity index (χ3n) is 4.27. The molecule has 1 aliphatic rings. The van der Waals surface area contributed by atoms with Crippen LogP contribution in [0.15, 0.2) is 60.7 Å². The molecule has 5 nitrogen and oxygen atoms in total. The lowest BCUT2D eigenvalue weighted by Gasteiger charge is -2.09. The third-order valence-corrected chi connectivity index (χ3v) is 4.27. The van der Waals surface area contributed by atoms with E-state index in [9.17, 15) is 4.79 Å². The number of fused-ring (bicyclic) bond motifs is 2. The number of amides is 1. The molecule has 132 valence electrons. The zero-order valence-corrected chi connectivity index (χ0v) is 14.2. The van der Waals surface area contributed by atoms with Gasteiger partial charge in [0.15, 0.2) is 11.5 Å². The summed E-state index contributed by atoms with van der Waals surface area (Å²) >= 11 is 0. The molecule has 0 atom stereocenters. The SMILES string of the molecule is O=C(Cc1cccc2ccccc12)NCCOc1ccc2c(c1)OCO2. The number of benzene rings is 3. The van der Waals surface area contributed by atoms with Crippen LogP contribution >= 0.6 is 0 Å². The Hall–Kier alpha value is -3.21. The molecular weight excluding hydrogens is 330 g/mol. The average molecular weight is 349 g/mol. The molecule has 26 heavy (non-hydrogen) atoms. The van der Waals surface area contributed by atoms with Crippen molar-refractivity contribution in [1.29, 1.82) is 0 Å². The molecule has 0 aliphatic carbocycles. The first kappa shape index (κ1) is 16.3. The van der Waals surface area contributed by atoms with Crippen molar-refractivity contribution in [3.05, 3.63) is 66.2 Å². The van der Waals surface area contributed by atoms with Crippen molar-refractivity contribution in [2.24, 2.45) is 0 Å². The lowest BCUT2D eigenvalue weighted by molar-refractivity contribution is -0.120. The van der Waals surface area contributed by atoms with Crippen LogP contribution in [0, 0.1) is 0 Å². The minimum atomic E-state index is -0.0179. The molecule has 0 aromatic heterocycles. The Bertz CT molecular complexity index is 933. The van der Waals surface area contributed by atoms with E-state index in [0.29, 0.717) is 31.1 Å². The van der Waals surface area contributed by atoms with Crippen molar-refractivity contribution in [3.8, 4) is 17.2 Å². The highest BCUT2D eigenvalue weighted by Crippen LogP contribution is 2.34. The first-order valence-electron chi connectivity index (χ1n) is 8.55. The summed E-state index contributed by atoms with van der Waals surface area (Å²) in [7, 11) is 0. The van der Waals surface area contributed by atoms with Crippen molar-refractivity contribution in [2.45, 2.75) is 6.42 Å². The second-order valence-corrected chi connectivity index (χ2v) is 6.03. The number of hydrogen-bond donors (Lipinski definition) is 1. The van der Waals surface area contributed by atoms with Crippen molar-refractivity contribution in [1.82, 2.24) is 5.32 Å². The monoisotopic (exact) mass is 349 g/mol. The molecule has 3 aromatic rings. The van der Waals surface area contributed by atoms with Gasteiger partial charge in [0.2, 0.25) is 12.7 Å². The third kappa shape index (κ3) is 3.57. The molecule has 0 bridgehead atoms. The maximum atomic E-state index is 12.2. The van der Waals surface area contributed by atoms with Gasteiger partial charge in [0.05, 0.1) is 13.0 Å². The smallest absolute Gasteiger partial charge is 0.231 e. The molecule has 1 heterocycles. The second-order valence-electron chi connectivity index (χ2n) is 6.03. The number of hydrogen-bond acceptors (Lipinski definition) is 4.